The van der Waals surface area contributed by atoms with Gasteiger partial charge in [0.25, 0.3) is 0 Å². The maximum absolute atomic E-state index is 5.71. The van der Waals surface area contributed by atoms with Crippen LogP contribution in [-0.2, 0) is 9.47 Å². The molecule has 0 aliphatic carbocycles. The van der Waals surface area contributed by atoms with Gasteiger partial charge in [-0.25, -0.2) is 0 Å². The molecule has 0 heterocycles. The highest BCUT2D eigenvalue weighted by molar-refractivity contribution is 4.49. The van der Waals surface area contributed by atoms with Crippen LogP contribution in [0.15, 0.2) is 0 Å². The van der Waals surface area contributed by atoms with Crippen LogP contribution in [-0.4, -0.2) is 26.4 Å². The maximum Gasteiger partial charge on any atom is 0.0700 e. The third kappa shape index (κ3) is 29.9. The molecule has 0 N–H and O–H groups in total. The van der Waals surface area contributed by atoms with E-state index in [9.17, 15) is 0 Å². The summed E-state index contributed by atoms with van der Waals surface area (Å²) in [6, 6.07) is 0. The topological polar surface area (TPSA) is 18.5 Å². The lowest BCUT2D eigenvalue weighted by Gasteiger charge is -2.06. The number of hydrogen-bond donors (Lipinski definition) is 0. The van der Waals surface area contributed by atoms with Gasteiger partial charge in [0, 0.05) is 13.2 Å². The number of hydrogen-bond acceptors (Lipinski definition) is 2. The highest BCUT2D eigenvalue weighted by Crippen LogP contribution is 2.13. The predicted molar refractivity (Wildman–Crippen MR) is 139 cm³/mol. The van der Waals surface area contributed by atoms with Crippen molar-refractivity contribution < 1.29 is 9.47 Å². The van der Waals surface area contributed by atoms with Crippen molar-refractivity contribution in [1.82, 2.24) is 0 Å². The van der Waals surface area contributed by atoms with Gasteiger partial charge in [-0.05, 0) is 12.8 Å². The van der Waals surface area contributed by atoms with E-state index in [1.54, 1.807) is 0 Å². The van der Waals surface area contributed by atoms with Gasteiger partial charge in [0.05, 0.1) is 13.2 Å². The Morgan fingerprint density at radius 3 is 0.742 bits per heavy atom. The molecule has 0 saturated heterocycles. The Balaban J connectivity index is 2.98. The lowest BCUT2D eigenvalue weighted by Crippen LogP contribution is -2.06. The average Bonchev–Trinajstić information content (AvgIpc) is 2.78. The zero-order chi connectivity index (χ0) is 22.5. The van der Waals surface area contributed by atoms with Crippen molar-refractivity contribution in [1.29, 1.82) is 0 Å². The van der Waals surface area contributed by atoms with Crippen molar-refractivity contribution in [2.75, 3.05) is 26.4 Å². The summed E-state index contributed by atoms with van der Waals surface area (Å²) in [5, 5.41) is 0. The van der Waals surface area contributed by atoms with E-state index in [1.807, 2.05) is 0 Å². The molecule has 2 heteroatoms. The largest absolute Gasteiger partial charge is 0.379 e. The smallest absolute Gasteiger partial charge is 0.0700 e. The summed E-state index contributed by atoms with van der Waals surface area (Å²) in [6.07, 6.45) is 32.1. The van der Waals surface area contributed by atoms with E-state index in [0.717, 1.165) is 26.4 Å². The summed E-state index contributed by atoms with van der Waals surface area (Å²) >= 11 is 0. The molecule has 0 amide bonds. The quantitative estimate of drug-likeness (QED) is 0.113. The lowest BCUT2D eigenvalue weighted by atomic mass is 10.0. The van der Waals surface area contributed by atoms with E-state index in [4.69, 9.17) is 9.47 Å². The minimum absolute atomic E-state index is 0.774. The lowest BCUT2D eigenvalue weighted by molar-refractivity contribution is 0.0448. The highest BCUT2D eigenvalue weighted by atomic mass is 16.5. The molecule has 0 aromatic carbocycles. The Bertz CT molecular complexity index is 264. The molecule has 0 rings (SSSR count). The van der Waals surface area contributed by atoms with Crippen LogP contribution in [0.3, 0.4) is 0 Å². The van der Waals surface area contributed by atoms with E-state index in [1.165, 1.54) is 148 Å². The van der Waals surface area contributed by atoms with Gasteiger partial charge in [-0.1, -0.05) is 149 Å². The molecule has 0 spiro atoms. The van der Waals surface area contributed by atoms with Crippen LogP contribution >= 0.6 is 0 Å². The van der Waals surface area contributed by atoms with Gasteiger partial charge in [0.15, 0.2) is 0 Å². The SMILES string of the molecule is CCCCCCCCCCCCCCCOCCOCCCCCCCCCCCC. The summed E-state index contributed by atoms with van der Waals surface area (Å²) in [6.45, 7) is 7.96. The van der Waals surface area contributed by atoms with Crippen molar-refractivity contribution in [3.8, 4) is 0 Å². The first-order valence-electron chi connectivity index (χ1n) is 14.6. The number of unbranched alkanes of at least 4 members (excludes halogenated alkanes) is 21. The Kier molecular flexibility index (Phi) is 29.8. The molecule has 188 valence electrons. The summed E-state index contributed by atoms with van der Waals surface area (Å²) in [7, 11) is 0. The average molecular weight is 441 g/mol. The zero-order valence-corrected chi connectivity index (χ0v) is 21.9. The molecule has 31 heavy (non-hydrogen) atoms. The second kappa shape index (κ2) is 29.9. The van der Waals surface area contributed by atoms with Crippen LogP contribution in [0.4, 0.5) is 0 Å². The van der Waals surface area contributed by atoms with Crippen molar-refractivity contribution >= 4 is 0 Å². The van der Waals surface area contributed by atoms with Gasteiger partial charge in [-0.3, -0.25) is 0 Å². The van der Waals surface area contributed by atoms with E-state index in [-0.39, 0.29) is 0 Å². The molecule has 0 aromatic heterocycles. The second-order valence-electron chi connectivity index (χ2n) is 9.65. The van der Waals surface area contributed by atoms with Gasteiger partial charge in [-0.15, -0.1) is 0 Å². The minimum Gasteiger partial charge on any atom is -0.379 e. The minimum atomic E-state index is 0.774. The number of rotatable bonds is 28. The van der Waals surface area contributed by atoms with Crippen LogP contribution < -0.4 is 0 Å². The van der Waals surface area contributed by atoms with Crippen molar-refractivity contribution in [3.05, 3.63) is 0 Å². The molecular weight excluding hydrogens is 380 g/mol. The fourth-order valence-corrected chi connectivity index (χ4v) is 4.24. The van der Waals surface area contributed by atoms with Gasteiger partial charge >= 0.3 is 0 Å². The molecule has 0 unspecified atom stereocenters. The van der Waals surface area contributed by atoms with Gasteiger partial charge in [-0.2, -0.15) is 0 Å². The first kappa shape index (κ1) is 30.9. The Hall–Kier alpha value is -0.0800. The van der Waals surface area contributed by atoms with Crippen LogP contribution in [0.2, 0.25) is 0 Å². The number of ether oxygens (including phenoxy) is 2. The summed E-state index contributed by atoms with van der Waals surface area (Å²) in [4.78, 5) is 0. The van der Waals surface area contributed by atoms with Crippen LogP contribution in [0.25, 0.3) is 0 Å². The van der Waals surface area contributed by atoms with Gasteiger partial charge in [0.1, 0.15) is 0 Å². The fourth-order valence-electron chi connectivity index (χ4n) is 4.24. The van der Waals surface area contributed by atoms with E-state index in [2.05, 4.69) is 13.8 Å². The first-order valence-corrected chi connectivity index (χ1v) is 14.6. The molecule has 0 atom stereocenters. The highest BCUT2D eigenvalue weighted by Gasteiger charge is 1.96. The van der Waals surface area contributed by atoms with E-state index in [0.29, 0.717) is 0 Å². The standard InChI is InChI=1S/C29H60O2/c1-3-5-7-9-11-13-15-16-17-19-21-23-25-27-31-29-28-30-26-24-22-20-18-14-12-10-8-6-4-2/h3-29H2,1-2H3. The van der Waals surface area contributed by atoms with Crippen molar-refractivity contribution in [2.45, 2.75) is 162 Å². The van der Waals surface area contributed by atoms with E-state index >= 15 is 0 Å². The summed E-state index contributed by atoms with van der Waals surface area (Å²) < 4.78 is 11.4. The molecule has 0 aromatic rings. The Labute approximate surface area is 197 Å². The molecule has 0 aliphatic rings. The molecule has 0 radical (unpaired) electrons. The third-order valence-electron chi connectivity index (χ3n) is 6.41. The maximum atomic E-state index is 5.71. The van der Waals surface area contributed by atoms with Gasteiger partial charge < -0.3 is 9.47 Å². The monoisotopic (exact) mass is 440 g/mol. The normalized spacial score (nSPS) is 11.4. The molecule has 2 nitrogen and oxygen atoms in total. The van der Waals surface area contributed by atoms with Crippen molar-refractivity contribution in [3.63, 3.8) is 0 Å². The van der Waals surface area contributed by atoms with Crippen molar-refractivity contribution in [2.24, 2.45) is 0 Å². The molecule has 0 bridgehead atoms. The van der Waals surface area contributed by atoms with Crippen LogP contribution in [0, 0.1) is 0 Å². The first-order chi connectivity index (χ1) is 15.4. The second-order valence-corrected chi connectivity index (χ2v) is 9.65. The predicted octanol–water partition coefficient (Wildman–Crippen LogP) is 10.0. The molecule has 0 aliphatic heterocycles. The fraction of sp³-hybridized carbons (Fsp3) is 1.00. The molecule has 0 fully saturated rings. The summed E-state index contributed by atoms with van der Waals surface area (Å²) in [5.74, 6) is 0. The summed E-state index contributed by atoms with van der Waals surface area (Å²) in [5.41, 5.74) is 0. The van der Waals surface area contributed by atoms with Gasteiger partial charge in [0.2, 0.25) is 0 Å². The van der Waals surface area contributed by atoms with E-state index < -0.39 is 0 Å². The van der Waals surface area contributed by atoms with Crippen LogP contribution in [0.5, 0.6) is 0 Å². The Morgan fingerprint density at radius 2 is 0.484 bits per heavy atom. The zero-order valence-electron chi connectivity index (χ0n) is 21.9. The van der Waals surface area contributed by atoms with Crippen LogP contribution in [0.1, 0.15) is 162 Å². The molecular formula is C29H60O2. The third-order valence-corrected chi connectivity index (χ3v) is 6.41. The Morgan fingerprint density at radius 1 is 0.258 bits per heavy atom. The molecule has 0 saturated carbocycles.